The molecular formula is C49H96N2O6P+. The molecular weight excluding hydrogens is 744 g/mol. The van der Waals surface area contributed by atoms with Gasteiger partial charge in [0.15, 0.2) is 0 Å². The van der Waals surface area contributed by atoms with Crippen molar-refractivity contribution in [1.29, 1.82) is 0 Å². The third kappa shape index (κ3) is 42.8. The maximum absolute atomic E-state index is 12.8. The van der Waals surface area contributed by atoms with E-state index in [0.717, 1.165) is 51.4 Å². The highest BCUT2D eigenvalue weighted by Gasteiger charge is 2.27. The van der Waals surface area contributed by atoms with E-state index in [9.17, 15) is 19.4 Å². The number of aliphatic hydroxyl groups excluding tert-OH is 1. The molecule has 0 heterocycles. The predicted molar refractivity (Wildman–Crippen MR) is 249 cm³/mol. The van der Waals surface area contributed by atoms with Crippen molar-refractivity contribution in [2.24, 2.45) is 0 Å². The largest absolute Gasteiger partial charge is 0.472 e. The van der Waals surface area contributed by atoms with Gasteiger partial charge in [0.2, 0.25) is 5.91 Å². The van der Waals surface area contributed by atoms with Crippen LogP contribution in [-0.4, -0.2) is 73.4 Å². The van der Waals surface area contributed by atoms with E-state index in [1.54, 1.807) is 6.08 Å². The van der Waals surface area contributed by atoms with Crippen LogP contribution in [0.4, 0.5) is 0 Å². The quantitative estimate of drug-likeness (QED) is 0.0244. The molecule has 8 nitrogen and oxygen atoms in total. The third-order valence-corrected chi connectivity index (χ3v) is 11.8. The Bertz CT molecular complexity index is 1040. The number of quaternary nitrogens is 1. The molecule has 0 spiro atoms. The lowest BCUT2D eigenvalue weighted by atomic mass is 10.0. The molecule has 0 aliphatic heterocycles. The zero-order valence-corrected chi connectivity index (χ0v) is 39.7. The van der Waals surface area contributed by atoms with Crippen LogP contribution in [0.3, 0.4) is 0 Å². The van der Waals surface area contributed by atoms with E-state index >= 15 is 0 Å². The van der Waals surface area contributed by atoms with Gasteiger partial charge in [-0.25, -0.2) is 4.57 Å². The maximum Gasteiger partial charge on any atom is 0.472 e. The van der Waals surface area contributed by atoms with Crippen molar-refractivity contribution in [2.45, 2.75) is 231 Å². The van der Waals surface area contributed by atoms with Crippen LogP contribution in [0.25, 0.3) is 0 Å². The molecule has 0 aliphatic carbocycles. The number of carbonyl (C=O) groups excluding carboxylic acids is 1. The Morgan fingerprint density at radius 3 is 1.43 bits per heavy atom. The summed E-state index contributed by atoms with van der Waals surface area (Å²) >= 11 is 0. The van der Waals surface area contributed by atoms with Crippen molar-refractivity contribution in [2.75, 3.05) is 40.9 Å². The molecule has 3 unspecified atom stereocenters. The van der Waals surface area contributed by atoms with Crippen LogP contribution in [0.5, 0.6) is 0 Å². The molecule has 1 amide bonds. The molecule has 0 aromatic carbocycles. The molecule has 0 fully saturated rings. The Hall–Kier alpha value is -1.28. The molecule has 0 radical (unpaired) electrons. The van der Waals surface area contributed by atoms with Crippen LogP contribution >= 0.6 is 7.82 Å². The predicted octanol–water partition coefficient (Wildman–Crippen LogP) is 13.9. The molecule has 3 N–H and O–H groups in total. The normalized spacial score (nSPS) is 14.5. The van der Waals surface area contributed by atoms with E-state index in [-0.39, 0.29) is 19.1 Å². The fraction of sp³-hybridized carbons (Fsp3) is 0.857. The molecule has 0 rings (SSSR count). The summed E-state index contributed by atoms with van der Waals surface area (Å²) in [5, 5.41) is 13.8. The van der Waals surface area contributed by atoms with Gasteiger partial charge in [-0.2, -0.15) is 0 Å². The number of phosphoric ester groups is 1. The maximum atomic E-state index is 12.8. The van der Waals surface area contributed by atoms with Crippen molar-refractivity contribution in [3.8, 4) is 0 Å². The van der Waals surface area contributed by atoms with Gasteiger partial charge in [0, 0.05) is 6.42 Å². The Morgan fingerprint density at radius 2 is 0.966 bits per heavy atom. The molecule has 0 aromatic rings. The second-order valence-electron chi connectivity index (χ2n) is 17.8. The minimum atomic E-state index is -4.35. The summed E-state index contributed by atoms with van der Waals surface area (Å²) in [7, 11) is 1.55. The highest BCUT2D eigenvalue weighted by molar-refractivity contribution is 7.47. The van der Waals surface area contributed by atoms with E-state index in [0.29, 0.717) is 17.4 Å². The van der Waals surface area contributed by atoms with Gasteiger partial charge in [0.1, 0.15) is 13.2 Å². The van der Waals surface area contributed by atoms with Crippen molar-refractivity contribution in [1.82, 2.24) is 5.32 Å². The van der Waals surface area contributed by atoms with Gasteiger partial charge in [-0.1, -0.05) is 198 Å². The SMILES string of the molecule is CCCC/C=C\CCCCCCCC(=O)NC(COP(=O)(O)OCC[N+](C)(C)C)C(O)/C=C/CC/C=C/CCCCCCCCCCCCCCCCCCCCC. The van der Waals surface area contributed by atoms with Gasteiger partial charge in [-0.15, -0.1) is 0 Å². The van der Waals surface area contributed by atoms with Crippen molar-refractivity contribution in [3.63, 3.8) is 0 Å². The summed E-state index contributed by atoms with van der Waals surface area (Å²) in [6.07, 6.45) is 51.0. The second-order valence-corrected chi connectivity index (χ2v) is 19.3. The highest BCUT2D eigenvalue weighted by atomic mass is 31.2. The number of hydrogen-bond acceptors (Lipinski definition) is 5. The van der Waals surface area contributed by atoms with Gasteiger partial charge >= 0.3 is 7.82 Å². The smallest absolute Gasteiger partial charge is 0.387 e. The fourth-order valence-electron chi connectivity index (χ4n) is 6.92. The van der Waals surface area contributed by atoms with Crippen LogP contribution in [0.15, 0.2) is 36.5 Å². The van der Waals surface area contributed by atoms with Crippen LogP contribution in [0.1, 0.15) is 219 Å². The number of amides is 1. The number of phosphoric acid groups is 1. The minimum Gasteiger partial charge on any atom is -0.387 e. The zero-order valence-electron chi connectivity index (χ0n) is 38.8. The summed E-state index contributed by atoms with van der Waals surface area (Å²) in [6.45, 7) is 4.75. The molecule has 342 valence electrons. The first-order valence-corrected chi connectivity index (χ1v) is 25.9. The molecule has 3 atom stereocenters. The van der Waals surface area contributed by atoms with Gasteiger partial charge in [-0.3, -0.25) is 13.8 Å². The lowest BCUT2D eigenvalue weighted by Gasteiger charge is -2.25. The Morgan fingerprint density at radius 1 is 0.569 bits per heavy atom. The summed E-state index contributed by atoms with van der Waals surface area (Å²) < 4.78 is 23.5. The monoisotopic (exact) mass is 840 g/mol. The molecule has 0 saturated carbocycles. The summed E-state index contributed by atoms with van der Waals surface area (Å²) in [6, 6.07) is -0.865. The molecule has 58 heavy (non-hydrogen) atoms. The minimum absolute atomic E-state index is 0.0545. The van der Waals surface area contributed by atoms with Crippen molar-refractivity contribution in [3.05, 3.63) is 36.5 Å². The Balaban J connectivity index is 4.28. The van der Waals surface area contributed by atoms with E-state index in [2.05, 4.69) is 43.5 Å². The first-order valence-electron chi connectivity index (χ1n) is 24.4. The standard InChI is InChI=1S/C49H95N2O6P/c1-6-8-10-12-14-16-18-19-20-21-22-23-24-25-26-27-28-29-30-31-33-34-36-38-40-42-48(52)47(46-57-58(54,55)56-45-44-51(3,4)5)50-49(53)43-41-39-37-35-32-17-15-13-11-9-7-2/h13,15,33-34,40,42,47-48,52H,6-12,14,16-32,35-39,41,43-46H2,1-5H3,(H-,50,53,54,55)/p+1/b15-13-,34-33+,42-40+. The highest BCUT2D eigenvalue weighted by Crippen LogP contribution is 2.43. The molecule has 0 aromatic heterocycles. The average molecular weight is 840 g/mol. The van der Waals surface area contributed by atoms with Gasteiger partial charge in [0.25, 0.3) is 0 Å². The number of rotatable bonds is 44. The van der Waals surface area contributed by atoms with Crippen LogP contribution in [-0.2, 0) is 18.4 Å². The molecule has 0 bridgehead atoms. The Kier molecular flexibility index (Phi) is 40.2. The van der Waals surface area contributed by atoms with Crippen molar-refractivity contribution >= 4 is 13.7 Å². The average Bonchev–Trinajstić information content (AvgIpc) is 3.17. The first kappa shape index (κ1) is 56.7. The lowest BCUT2D eigenvalue weighted by molar-refractivity contribution is -0.870. The molecule has 9 heteroatoms. The van der Waals surface area contributed by atoms with E-state index in [1.165, 1.54) is 148 Å². The number of hydrogen-bond donors (Lipinski definition) is 3. The van der Waals surface area contributed by atoms with Crippen molar-refractivity contribution < 1.29 is 32.9 Å². The van der Waals surface area contributed by atoms with E-state index in [4.69, 9.17) is 9.05 Å². The molecule has 0 aliphatic rings. The number of aliphatic hydroxyl groups is 1. The van der Waals surface area contributed by atoms with E-state index < -0.39 is 20.0 Å². The van der Waals surface area contributed by atoms with Crippen LogP contribution in [0.2, 0.25) is 0 Å². The van der Waals surface area contributed by atoms with Gasteiger partial charge < -0.3 is 19.8 Å². The number of likely N-dealkylation sites (N-methyl/N-ethyl adjacent to an activating group) is 1. The van der Waals surface area contributed by atoms with E-state index in [1.807, 2.05) is 27.2 Å². The number of unbranched alkanes of at least 4 members (excludes halogenated alkanes) is 27. The molecule has 0 saturated heterocycles. The van der Waals surface area contributed by atoms with Crippen LogP contribution < -0.4 is 5.32 Å². The zero-order chi connectivity index (χ0) is 42.8. The fourth-order valence-corrected chi connectivity index (χ4v) is 7.66. The summed E-state index contributed by atoms with van der Waals surface area (Å²) in [5.41, 5.74) is 0. The number of carbonyl (C=O) groups is 1. The van der Waals surface area contributed by atoms with Crippen LogP contribution in [0, 0.1) is 0 Å². The number of nitrogens with zero attached hydrogens (tertiary/aromatic N) is 1. The lowest BCUT2D eigenvalue weighted by Crippen LogP contribution is -2.45. The summed E-state index contributed by atoms with van der Waals surface area (Å²) in [5.74, 6) is -0.198. The number of nitrogens with one attached hydrogen (secondary N) is 1. The van der Waals surface area contributed by atoms with Gasteiger partial charge in [-0.05, 0) is 51.4 Å². The Labute approximate surface area is 359 Å². The van der Waals surface area contributed by atoms with Gasteiger partial charge in [0.05, 0.1) is 39.9 Å². The topological polar surface area (TPSA) is 105 Å². The summed E-state index contributed by atoms with van der Waals surface area (Å²) in [4.78, 5) is 23.1. The first-order chi connectivity index (χ1) is 28.0. The second kappa shape index (κ2) is 41.1. The number of allylic oxidation sites excluding steroid dienone is 5. The third-order valence-electron chi connectivity index (χ3n) is 10.8.